The van der Waals surface area contributed by atoms with Crippen molar-refractivity contribution in [3.63, 3.8) is 0 Å². The zero-order chi connectivity index (χ0) is 18.9. The number of methoxy groups -OCH3 is 1. The summed E-state index contributed by atoms with van der Waals surface area (Å²) >= 11 is 0. The van der Waals surface area contributed by atoms with Crippen molar-refractivity contribution in [3.8, 4) is 11.5 Å². The number of hydrogen-bond donors (Lipinski definition) is 1. The Labute approximate surface area is 150 Å². The van der Waals surface area contributed by atoms with Crippen LogP contribution >= 0.6 is 0 Å². The quantitative estimate of drug-likeness (QED) is 0.502. The molecule has 134 valence electrons. The summed E-state index contributed by atoms with van der Waals surface area (Å²) in [7, 11) is -2.17. The average molecular weight is 373 g/mol. The Morgan fingerprint density at radius 3 is 2.62 bits per heavy atom. The molecule has 0 bridgehead atoms. The summed E-state index contributed by atoms with van der Waals surface area (Å²) < 4.78 is 29.2. The lowest BCUT2D eigenvalue weighted by atomic mass is 10.0. The SMILES string of the molecule is COc1cc(C(=O)O/N=C(\C)C2=CS(=O)(=O)c3ccccc32)ccc1O. The van der Waals surface area contributed by atoms with E-state index in [9.17, 15) is 18.3 Å². The van der Waals surface area contributed by atoms with Gasteiger partial charge in [-0.25, -0.2) is 13.2 Å². The fourth-order valence-corrected chi connectivity index (χ4v) is 4.00. The van der Waals surface area contributed by atoms with Crippen molar-refractivity contribution in [1.82, 2.24) is 0 Å². The van der Waals surface area contributed by atoms with E-state index in [1.165, 1.54) is 31.4 Å². The number of carbonyl (C=O) groups excluding carboxylic acids is 1. The predicted molar refractivity (Wildman–Crippen MR) is 94.8 cm³/mol. The Kier molecular flexibility index (Phi) is 4.52. The van der Waals surface area contributed by atoms with Gasteiger partial charge in [-0.15, -0.1) is 0 Å². The molecule has 0 amide bonds. The number of fused-ring (bicyclic) bond motifs is 1. The maximum Gasteiger partial charge on any atom is 0.365 e. The maximum atomic E-state index is 12.2. The predicted octanol–water partition coefficient (Wildman–Crippen LogP) is 2.76. The molecular formula is C18H15NO6S. The van der Waals surface area contributed by atoms with Gasteiger partial charge in [0.2, 0.25) is 9.84 Å². The van der Waals surface area contributed by atoms with Crippen molar-refractivity contribution >= 4 is 27.1 Å². The Balaban J connectivity index is 1.85. The van der Waals surface area contributed by atoms with E-state index < -0.39 is 15.8 Å². The molecule has 8 heteroatoms. The fourth-order valence-electron chi connectivity index (χ4n) is 2.52. The van der Waals surface area contributed by atoms with Crippen LogP contribution in [0.1, 0.15) is 22.8 Å². The van der Waals surface area contributed by atoms with Crippen molar-refractivity contribution in [2.45, 2.75) is 11.8 Å². The highest BCUT2D eigenvalue weighted by atomic mass is 32.2. The van der Waals surface area contributed by atoms with Gasteiger partial charge in [-0.05, 0) is 31.2 Å². The van der Waals surface area contributed by atoms with Gasteiger partial charge in [-0.1, -0.05) is 23.4 Å². The topological polar surface area (TPSA) is 102 Å². The molecule has 0 fully saturated rings. The van der Waals surface area contributed by atoms with Crippen LogP contribution in [0, 0.1) is 0 Å². The van der Waals surface area contributed by atoms with Gasteiger partial charge in [0.25, 0.3) is 0 Å². The number of aromatic hydroxyl groups is 1. The van der Waals surface area contributed by atoms with E-state index >= 15 is 0 Å². The minimum absolute atomic E-state index is 0.110. The molecule has 0 saturated heterocycles. The maximum absolute atomic E-state index is 12.2. The summed E-state index contributed by atoms with van der Waals surface area (Å²) in [5.74, 6) is -0.752. The van der Waals surface area contributed by atoms with Gasteiger partial charge in [0, 0.05) is 16.5 Å². The van der Waals surface area contributed by atoms with Crippen LogP contribution in [0.25, 0.3) is 5.57 Å². The molecule has 7 nitrogen and oxygen atoms in total. The second-order valence-corrected chi connectivity index (χ2v) is 7.28. The molecule has 1 aliphatic rings. The molecule has 2 aromatic rings. The Morgan fingerprint density at radius 1 is 1.15 bits per heavy atom. The number of rotatable bonds is 4. The van der Waals surface area contributed by atoms with Gasteiger partial charge in [-0.2, -0.15) is 0 Å². The van der Waals surface area contributed by atoms with Crippen LogP contribution in [0.3, 0.4) is 0 Å². The van der Waals surface area contributed by atoms with Gasteiger partial charge in [0.15, 0.2) is 11.5 Å². The lowest BCUT2D eigenvalue weighted by molar-refractivity contribution is 0.0516. The molecule has 1 aliphatic heterocycles. The zero-order valence-electron chi connectivity index (χ0n) is 14.0. The van der Waals surface area contributed by atoms with Crippen LogP contribution < -0.4 is 4.74 Å². The van der Waals surface area contributed by atoms with E-state index in [-0.39, 0.29) is 27.7 Å². The Bertz CT molecular complexity index is 1050. The van der Waals surface area contributed by atoms with E-state index in [2.05, 4.69) is 5.16 Å². The van der Waals surface area contributed by atoms with E-state index in [1.807, 2.05) is 0 Å². The largest absolute Gasteiger partial charge is 0.504 e. The number of benzene rings is 2. The monoisotopic (exact) mass is 373 g/mol. The van der Waals surface area contributed by atoms with Crippen molar-refractivity contribution < 1.29 is 27.9 Å². The number of carbonyl (C=O) groups is 1. The summed E-state index contributed by atoms with van der Waals surface area (Å²) in [5, 5.41) is 14.4. The van der Waals surface area contributed by atoms with Gasteiger partial charge in [0.05, 0.1) is 23.3 Å². The van der Waals surface area contributed by atoms with E-state index in [1.54, 1.807) is 25.1 Å². The van der Waals surface area contributed by atoms with Crippen molar-refractivity contribution in [1.29, 1.82) is 0 Å². The highest BCUT2D eigenvalue weighted by molar-refractivity contribution is 7.95. The minimum Gasteiger partial charge on any atom is -0.504 e. The van der Waals surface area contributed by atoms with E-state index in [0.717, 1.165) is 5.41 Å². The lowest BCUT2D eigenvalue weighted by Crippen LogP contribution is -2.04. The number of ether oxygens (including phenoxy) is 1. The molecule has 1 heterocycles. The minimum atomic E-state index is -3.53. The van der Waals surface area contributed by atoms with Crippen LogP contribution in [0.15, 0.2) is 57.9 Å². The second-order valence-electron chi connectivity index (χ2n) is 5.51. The normalized spacial score (nSPS) is 15.2. The van der Waals surface area contributed by atoms with Crippen LogP contribution in [-0.4, -0.2) is 32.3 Å². The molecule has 0 aromatic heterocycles. The summed E-state index contributed by atoms with van der Waals surface area (Å²) in [6, 6.07) is 10.5. The Morgan fingerprint density at radius 2 is 1.88 bits per heavy atom. The van der Waals surface area contributed by atoms with E-state index in [0.29, 0.717) is 11.1 Å². The summed E-state index contributed by atoms with van der Waals surface area (Å²) in [6.07, 6.45) is 0. The number of hydrogen-bond acceptors (Lipinski definition) is 7. The molecule has 2 aromatic carbocycles. The summed E-state index contributed by atoms with van der Waals surface area (Å²) in [5.41, 5.74) is 1.26. The highest BCUT2D eigenvalue weighted by Crippen LogP contribution is 2.34. The molecule has 0 saturated carbocycles. The smallest absolute Gasteiger partial charge is 0.365 e. The molecule has 3 rings (SSSR count). The van der Waals surface area contributed by atoms with Crippen molar-refractivity contribution in [3.05, 3.63) is 59.0 Å². The van der Waals surface area contributed by atoms with Gasteiger partial charge in [-0.3, -0.25) is 0 Å². The standard InChI is InChI=1S/C18H15NO6S/c1-11(14-10-26(22,23)17-6-4-3-5-13(14)17)19-25-18(21)12-7-8-15(20)16(9-12)24-2/h3-10,20H,1-2H3/b19-11+. The molecule has 0 radical (unpaired) electrons. The highest BCUT2D eigenvalue weighted by Gasteiger charge is 2.28. The molecular weight excluding hydrogens is 358 g/mol. The fraction of sp³-hybridized carbons (Fsp3) is 0.111. The van der Waals surface area contributed by atoms with Gasteiger partial charge < -0.3 is 14.7 Å². The first-order valence-electron chi connectivity index (χ1n) is 7.53. The molecule has 0 spiro atoms. The number of sulfone groups is 1. The lowest BCUT2D eigenvalue weighted by Gasteiger charge is -2.06. The molecule has 1 N–H and O–H groups in total. The van der Waals surface area contributed by atoms with E-state index in [4.69, 9.17) is 9.57 Å². The number of allylic oxidation sites excluding steroid dienone is 1. The summed E-state index contributed by atoms with van der Waals surface area (Å²) in [6.45, 7) is 1.55. The first kappa shape index (κ1) is 17.7. The number of oxime groups is 1. The molecule has 26 heavy (non-hydrogen) atoms. The summed E-state index contributed by atoms with van der Waals surface area (Å²) in [4.78, 5) is 17.2. The first-order chi connectivity index (χ1) is 12.3. The third-order valence-electron chi connectivity index (χ3n) is 3.83. The third kappa shape index (κ3) is 3.18. The third-order valence-corrected chi connectivity index (χ3v) is 5.34. The zero-order valence-corrected chi connectivity index (χ0v) is 14.8. The number of phenols is 1. The second kappa shape index (κ2) is 6.64. The number of nitrogens with zero attached hydrogens (tertiary/aromatic N) is 1. The van der Waals surface area contributed by atoms with Crippen molar-refractivity contribution in [2.24, 2.45) is 5.16 Å². The number of phenolic OH excluding ortho intramolecular Hbond substituents is 1. The molecule has 0 atom stereocenters. The van der Waals surface area contributed by atoms with Crippen LogP contribution in [-0.2, 0) is 14.7 Å². The molecule has 0 aliphatic carbocycles. The average Bonchev–Trinajstić information content (AvgIpc) is 2.91. The molecule has 0 unspecified atom stereocenters. The van der Waals surface area contributed by atoms with Gasteiger partial charge in [0.1, 0.15) is 0 Å². The Hall–Kier alpha value is -3.13. The first-order valence-corrected chi connectivity index (χ1v) is 9.07. The van der Waals surface area contributed by atoms with Crippen LogP contribution in [0.2, 0.25) is 0 Å². The van der Waals surface area contributed by atoms with Gasteiger partial charge >= 0.3 is 5.97 Å². The van der Waals surface area contributed by atoms with Crippen LogP contribution in [0.4, 0.5) is 0 Å². The van der Waals surface area contributed by atoms with Crippen LogP contribution in [0.5, 0.6) is 11.5 Å². The van der Waals surface area contributed by atoms with Crippen molar-refractivity contribution in [2.75, 3.05) is 7.11 Å².